The van der Waals surface area contributed by atoms with Crippen molar-refractivity contribution in [1.29, 1.82) is 0 Å². The molecular weight excluding hydrogens is 246 g/mol. The second-order valence-electron chi connectivity index (χ2n) is 5.47. The Labute approximate surface area is 112 Å². The maximum Gasteiger partial charge on any atom is 0.186 e. The van der Waals surface area contributed by atoms with Crippen LogP contribution in [0.3, 0.4) is 0 Å². The first kappa shape index (κ1) is 12.4. The summed E-state index contributed by atoms with van der Waals surface area (Å²) in [7, 11) is 0. The highest BCUT2D eigenvalue weighted by Crippen LogP contribution is 2.36. The third-order valence-electron chi connectivity index (χ3n) is 3.68. The monoisotopic (exact) mass is 267 g/mol. The van der Waals surface area contributed by atoms with E-state index in [-0.39, 0.29) is 18.2 Å². The molecule has 1 aromatic rings. The van der Waals surface area contributed by atoms with E-state index in [1.165, 1.54) is 11.3 Å². The molecule has 1 fully saturated rings. The maximum absolute atomic E-state index is 6.14. The third-order valence-corrected chi connectivity index (χ3v) is 4.87. The van der Waals surface area contributed by atoms with Crippen molar-refractivity contribution in [3.8, 4) is 0 Å². The largest absolute Gasteiger partial charge is 0.372 e. The Morgan fingerprint density at radius 1 is 1.33 bits per heavy atom. The molecule has 2 aliphatic rings. The summed E-state index contributed by atoms with van der Waals surface area (Å²) in [6, 6.07) is 0.148. The summed E-state index contributed by atoms with van der Waals surface area (Å²) in [5, 5.41) is 1.14. The minimum atomic E-state index is 0.148. The minimum Gasteiger partial charge on any atom is -0.372 e. The average Bonchev–Trinajstić information content (AvgIpc) is 2.73. The van der Waals surface area contributed by atoms with Crippen LogP contribution in [-0.2, 0) is 11.2 Å². The van der Waals surface area contributed by atoms with Crippen molar-refractivity contribution < 1.29 is 4.74 Å². The molecule has 0 aromatic carbocycles. The van der Waals surface area contributed by atoms with E-state index in [1.807, 2.05) is 11.3 Å². The van der Waals surface area contributed by atoms with Crippen molar-refractivity contribution in [2.45, 2.75) is 51.4 Å². The number of hydrogen-bond acceptors (Lipinski definition) is 5. The Kier molecular flexibility index (Phi) is 3.30. The molecule has 0 amide bonds. The molecule has 1 aliphatic heterocycles. The van der Waals surface area contributed by atoms with Crippen LogP contribution in [0.25, 0.3) is 0 Å². The van der Waals surface area contributed by atoms with Crippen molar-refractivity contribution in [2.24, 2.45) is 5.73 Å². The molecular formula is C13H21N3OS. The zero-order valence-corrected chi connectivity index (χ0v) is 11.9. The van der Waals surface area contributed by atoms with Gasteiger partial charge in [-0.1, -0.05) is 0 Å². The Morgan fingerprint density at radius 2 is 2.06 bits per heavy atom. The molecule has 3 rings (SSSR count). The van der Waals surface area contributed by atoms with Crippen LogP contribution in [0.5, 0.6) is 0 Å². The van der Waals surface area contributed by atoms with Gasteiger partial charge in [-0.2, -0.15) is 0 Å². The molecule has 0 bridgehead atoms. The number of nitrogens with two attached hydrogens (primary N) is 1. The van der Waals surface area contributed by atoms with Gasteiger partial charge in [-0.25, -0.2) is 4.98 Å². The molecule has 1 aromatic heterocycles. The van der Waals surface area contributed by atoms with Gasteiger partial charge in [0.25, 0.3) is 0 Å². The predicted molar refractivity (Wildman–Crippen MR) is 74.2 cm³/mol. The van der Waals surface area contributed by atoms with Gasteiger partial charge in [-0.15, -0.1) is 11.3 Å². The first-order valence-electron chi connectivity index (χ1n) is 6.79. The van der Waals surface area contributed by atoms with Crippen molar-refractivity contribution in [3.05, 3.63) is 10.6 Å². The van der Waals surface area contributed by atoms with E-state index in [0.29, 0.717) is 0 Å². The van der Waals surface area contributed by atoms with Crippen LogP contribution in [-0.4, -0.2) is 30.3 Å². The number of aromatic nitrogens is 1. The number of aryl methyl sites for hydroxylation is 1. The van der Waals surface area contributed by atoms with Gasteiger partial charge in [0.2, 0.25) is 0 Å². The fourth-order valence-corrected chi connectivity index (χ4v) is 4.10. The molecule has 2 heterocycles. The zero-order valence-electron chi connectivity index (χ0n) is 11.1. The Morgan fingerprint density at radius 3 is 2.72 bits per heavy atom. The molecule has 1 saturated heterocycles. The Hall–Kier alpha value is -0.650. The lowest BCUT2D eigenvalue weighted by atomic mass is 9.99. The van der Waals surface area contributed by atoms with Crippen LogP contribution in [0.2, 0.25) is 0 Å². The number of anilines is 1. The molecule has 1 aliphatic carbocycles. The number of hydrogen-bond donors (Lipinski definition) is 1. The molecule has 2 N–H and O–H groups in total. The number of thiazole rings is 1. The average molecular weight is 267 g/mol. The summed E-state index contributed by atoms with van der Waals surface area (Å²) in [4.78, 5) is 8.54. The van der Waals surface area contributed by atoms with E-state index in [4.69, 9.17) is 15.5 Å². The van der Waals surface area contributed by atoms with Crippen LogP contribution in [0.1, 0.15) is 43.3 Å². The molecule has 0 radical (unpaired) electrons. The first-order valence-corrected chi connectivity index (χ1v) is 7.60. The van der Waals surface area contributed by atoms with E-state index in [0.717, 1.165) is 36.8 Å². The third kappa shape index (κ3) is 2.27. The lowest BCUT2D eigenvalue weighted by Crippen LogP contribution is -2.45. The molecule has 5 heteroatoms. The SMILES string of the molecule is CC1CN(c2nc3c(s2)CCCC3N)CC(C)O1. The topological polar surface area (TPSA) is 51.4 Å². The number of ether oxygens (including phenoxy) is 1. The van der Waals surface area contributed by atoms with Crippen LogP contribution in [0.4, 0.5) is 5.13 Å². The number of rotatable bonds is 1. The van der Waals surface area contributed by atoms with E-state index in [2.05, 4.69) is 18.7 Å². The predicted octanol–water partition coefficient (Wildman–Crippen LogP) is 2.09. The van der Waals surface area contributed by atoms with Crippen LogP contribution in [0, 0.1) is 0 Å². The summed E-state index contributed by atoms with van der Waals surface area (Å²) in [6.45, 7) is 6.13. The zero-order chi connectivity index (χ0) is 12.7. The Bertz CT molecular complexity index is 424. The maximum atomic E-state index is 6.14. The summed E-state index contributed by atoms with van der Waals surface area (Å²) >= 11 is 1.83. The molecule has 0 saturated carbocycles. The fourth-order valence-electron chi connectivity index (χ4n) is 2.91. The van der Waals surface area contributed by atoms with E-state index < -0.39 is 0 Å². The number of fused-ring (bicyclic) bond motifs is 1. The van der Waals surface area contributed by atoms with Crippen LogP contribution >= 0.6 is 11.3 Å². The van der Waals surface area contributed by atoms with Crippen molar-refractivity contribution >= 4 is 16.5 Å². The van der Waals surface area contributed by atoms with Gasteiger partial charge in [0, 0.05) is 24.0 Å². The molecule has 100 valence electrons. The molecule has 0 spiro atoms. The Balaban J connectivity index is 1.84. The second kappa shape index (κ2) is 4.79. The second-order valence-corrected chi connectivity index (χ2v) is 6.53. The van der Waals surface area contributed by atoms with Gasteiger partial charge in [-0.05, 0) is 33.1 Å². The minimum absolute atomic E-state index is 0.148. The smallest absolute Gasteiger partial charge is 0.186 e. The normalized spacial score (nSPS) is 32.4. The van der Waals surface area contributed by atoms with Gasteiger partial charge in [0.1, 0.15) is 0 Å². The van der Waals surface area contributed by atoms with Gasteiger partial charge < -0.3 is 15.4 Å². The van der Waals surface area contributed by atoms with E-state index >= 15 is 0 Å². The molecule has 18 heavy (non-hydrogen) atoms. The van der Waals surface area contributed by atoms with Crippen molar-refractivity contribution in [1.82, 2.24) is 4.98 Å². The molecule has 3 unspecified atom stereocenters. The van der Waals surface area contributed by atoms with Crippen molar-refractivity contribution in [3.63, 3.8) is 0 Å². The van der Waals surface area contributed by atoms with Crippen LogP contribution in [0.15, 0.2) is 0 Å². The summed E-state index contributed by atoms with van der Waals surface area (Å²) < 4.78 is 5.77. The summed E-state index contributed by atoms with van der Waals surface area (Å²) in [6.07, 6.45) is 3.99. The fraction of sp³-hybridized carbons (Fsp3) is 0.769. The summed E-state index contributed by atoms with van der Waals surface area (Å²) in [5.41, 5.74) is 7.29. The number of nitrogens with zero attached hydrogens (tertiary/aromatic N) is 2. The van der Waals surface area contributed by atoms with Gasteiger partial charge in [-0.3, -0.25) is 0 Å². The lowest BCUT2D eigenvalue weighted by molar-refractivity contribution is -0.00523. The highest BCUT2D eigenvalue weighted by atomic mass is 32.1. The molecule has 3 atom stereocenters. The summed E-state index contributed by atoms with van der Waals surface area (Å²) in [5.74, 6) is 0. The molecule has 4 nitrogen and oxygen atoms in total. The van der Waals surface area contributed by atoms with E-state index in [9.17, 15) is 0 Å². The van der Waals surface area contributed by atoms with Crippen molar-refractivity contribution in [2.75, 3.05) is 18.0 Å². The van der Waals surface area contributed by atoms with Gasteiger partial charge in [0.05, 0.1) is 17.9 Å². The number of morpholine rings is 1. The van der Waals surface area contributed by atoms with Gasteiger partial charge >= 0.3 is 0 Å². The van der Waals surface area contributed by atoms with Gasteiger partial charge in [0.15, 0.2) is 5.13 Å². The highest BCUT2D eigenvalue weighted by Gasteiger charge is 2.28. The first-order chi connectivity index (χ1) is 8.63. The quantitative estimate of drug-likeness (QED) is 0.846. The van der Waals surface area contributed by atoms with E-state index in [1.54, 1.807) is 0 Å². The lowest BCUT2D eigenvalue weighted by Gasteiger charge is -2.35. The standard InChI is InChI=1S/C13H21N3OS/c1-8-6-16(7-9(2)17-8)13-15-12-10(14)4-3-5-11(12)18-13/h8-10H,3-7,14H2,1-2H3. The van der Waals surface area contributed by atoms with Crippen LogP contribution < -0.4 is 10.6 Å². The highest BCUT2D eigenvalue weighted by molar-refractivity contribution is 7.15.